The zero-order chi connectivity index (χ0) is 18.3. The van der Waals surface area contributed by atoms with Crippen LogP contribution in [0, 0.1) is 6.92 Å². The van der Waals surface area contributed by atoms with Gasteiger partial charge in [0.1, 0.15) is 0 Å². The zero-order valence-electron chi connectivity index (χ0n) is 13.9. The van der Waals surface area contributed by atoms with E-state index in [1.807, 2.05) is 61.5 Å². The fourth-order valence-corrected chi connectivity index (χ4v) is 4.42. The molecule has 0 aliphatic carbocycles. The molecule has 4 nitrogen and oxygen atoms in total. The summed E-state index contributed by atoms with van der Waals surface area (Å²) < 4.78 is 2.06. The molecule has 26 heavy (non-hydrogen) atoms. The number of nitrogens with zero attached hydrogens (tertiary/aromatic N) is 2. The number of carboxylic acids is 1. The SMILES string of the molecule is Cc1c(-c2ccc(Cl)cc2)nc2sc(CC(=O)O)c(-c3ccccc3)n12. The number of aliphatic carboxylic acids is 1. The van der Waals surface area contributed by atoms with Crippen LogP contribution < -0.4 is 0 Å². The van der Waals surface area contributed by atoms with Crippen LogP contribution in [0.2, 0.25) is 5.02 Å². The molecule has 0 atom stereocenters. The molecule has 0 saturated heterocycles. The summed E-state index contributed by atoms with van der Waals surface area (Å²) in [5, 5.41) is 9.97. The maximum absolute atomic E-state index is 11.3. The summed E-state index contributed by atoms with van der Waals surface area (Å²) in [7, 11) is 0. The summed E-state index contributed by atoms with van der Waals surface area (Å²) in [5.74, 6) is -0.845. The van der Waals surface area contributed by atoms with Gasteiger partial charge in [0.25, 0.3) is 0 Å². The summed E-state index contributed by atoms with van der Waals surface area (Å²) in [6, 6.07) is 17.4. The maximum atomic E-state index is 11.3. The zero-order valence-corrected chi connectivity index (χ0v) is 15.5. The normalized spacial score (nSPS) is 11.2. The van der Waals surface area contributed by atoms with Gasteiger partial charge in [0, 0.05) is 21.2 Å². The summed E-state index contributed by atoms with van der Waals surface area (Å²) in [6.07, 6.45) is -0.0199. The summed E-state index contributed by atoms with van der Waals surface area (Å²) in [4.78, 5) is 17.7. The van der Waals surface area contributed by atoms with Crippen molar-refractivity contribution in [3.63, 3.8) is 0 Å². The van der Waals surface area contributed by atoms with Gasteiger partial charge in [0.2, 0.25) is 0 Å². The van der Waals surface area contributed by atoms with E-state index in [2.05, 4.69) is 4.40 Å². The Morgan fingerprint density at radius 2 is 1.81 bits per heavy atom. The Bertz CT molecular complexity index is 1100. The van der Waals surface area contributed by atoms with Crippen LogP contribution in [0.5, 0.6) is 0 Å². The van der Waals surface area contributed by atoms with E-state index in [4.69, 9.17) is 16.6 Å². The van der Waals surface area contributed by atoms with E-state index >= 15 is 0 Å². The van der Waals surface area contributed by atoms with E-state index in [0.29, 0.717) is 5.02 Å². The smallest absolute Gasteiger partial charge is 0.308 e. The van der Waals surface area contributed by atoms with Crippen molar-refractivity contribution in [2.24, 2.45) is 0 Å². The molecule has 2 aromatic heterocycles. The van der Waals surface area contributed by atoms with Gasteiger partial charge in [-0.3, -0.25) is 9.20 Å². The molecule has 4 rings (SSSR count). The number of fused-ring (bicyclic) bond motifs is 1. The second-order valence-electron chi connectivity index (χ2n) is 5.98. The van der Waals surface area contributed by atoms with Crippen LogP contribution in [0.1, 0.15) is 10.6 Å². The lowest BCUT2D eigenvalue weighted by molar-refractivity contribution is -0.136. The first-order chi connectivity index (χ1) is 12.5. The van der Waals surface area contributed by atoms with Crippen molar-refractivity contribution >= 4 is 33.9 Å². The fourth-order valence-electron chi connectivity index (χ4n) is 3.12. The highest BCUT2D eigenvalue weighted by Crippen LogP contribution is 2.36. The number of hydrogen-bond acceptors (Lipinski definition) is 3. The van der Waals surface area contributed by atoms with E-state index in [-0.39, 0.29) is 6.42 Å². The van der Waals surface area contributed by atoms with Gasteiger partial charge in [-0.25, -0.2) is 4.98 Å². The van der Waals surface area contributed by atoms with Gasteiger partial charge in [0.05, 0.1) is 17.8 Å². The Morgan fingerprint density at radius 3 is 2.46 bits per heavy atom. The van der Waals surface area contributed by atoms with Crippen molar-refractivity contribution in [2.45, 2.75) is 13.3 Å². The number of thiazole rings is 1. The van der Waals surface area contributed by atoms with Crippen molar-refractivity contribution in [3.8, 4) is 22.5 Å². The van der Waals surface area contributed by atoms with Crippen LogP contribution in [-0.2, 0) is 11.2 Å². The van der Waals surface area contributed by atoms with Gasteiger partial charge >= 0.3 is 5.97 Å². The van der Waals surface area contributed by atoms with Gasteiger partial charge in [0.15, 0.2) is 4.96 Å². The first-order valence-corrected chi connectivity index (χ1v) is 9.28. The number of halogens is 1. The lowest BCUT2D eigenvalue weighted by Crippen LogP contribution is -2.01. The number of benzene rings is 2. The lowest BCUT2D eigenvalue weighted by atomic mass is 10.1. The monoisotopic (exact) mass is 382 g/mol. The minimum absolute atomic E-state index is 0.0199. The van der Waals surface area contributed by atoms with Gasteiger partial charge in [-0.1, -0.05) is 54.1 Å². The number of aryl methyl sites for hydroxylation is 1. The third kappa shape index (κ3) is 2.89. The molecule has 130 valence electrons. The van der Waals surface area contributed by atoms with Crippen molar-refractivity contribution in [2.75, 3.05) is 0 Å². The lowest BCUT2D eigenvalue weighted by Gasteiger charge is -2.06. The highest BCUT2D eigenvalue weighted by Gasteiger charge is 2.21. The van der Waals surface area contributed by atoms with Crippen molar-refractivity contribution in [1.29, 1.82) is 0 Å². The number of aromatic nitrogens is 2. The largest absolute Gasteiger partial charge is 0.481 e. The standard InChI is InChI=1S/C20H15ClN2O2S/c1-12-18(13-7-9-15(21)10-8-13)22-20-23(12)19(14-5-3-2-4-6-14)16(26-20)11-17(24)25/h2-10H,11H2,1H3,(H,24,25). The predicted molar refractivity (Wildman–Crippen MR) is 105 cm³/mol. The minimum Gasteiger partial charge on any atom is -0.481 e. The van der Waals surface area contributed by atoms with E-state index in [1.54, 1.807) is 0 Å². The summed E-state index contributed by atoms with van der Waals surface area (Å²) >= 11 is 7.42. The fraction of sp³-hybridized carbons (Fsp3) is 0.100. The first kappa shape index (κ1) is 16.8. The second-order valence-corrected chi connectivity index (χ2v) is 7.48. The molecule has 0 spiro atoms. The molecule has 0 amide bonds. The van der Waals surface area contributed by atoms with Crippen molar-refractivity contribution < 1.29 is 9.90 Å². The Balaban J connectivity index is 1.96. The van der Waals surface area contributed by atoms with E-state index < -0.39 is 5.97 Å². The highest BCUT2D eigenvalue weighted by atomic mass is 35.5. The molecule has 2 aromatic carbocycles. The molecule has 1 N–H and O–H groups in total. The van der Waals surface area contributed by atoms with Crippen LogP contribution >= 0.6 is 22.9 Å². The molecule has 0 unspecified atom stereocenters. The second kappa shape index (κ2) is 6.59. The number of imidazole rings is 1. The third-order valence-electron chi connectivity index (χ3n) is 4.26. The molecule has 4 aromatic rings. The van der Waals surface area contributed by atoms with Gasteiger partial charge in [-0.2, -0.15) is 0 Å². The average Bonchev–Trinajstić information content (AvgIpc) is 3.12. The average molecular weight is 383 g/mol. The van der Waals surface area contributed by atoms with Crippen LogP contribution in [0.25, 0.3) is 27.5 Å². The van der Waals surface area contributed by atoms with Crippen LogP contribution in [-0.4, -0.2) is 20.5 Å². The Morgan fingerprint density at radius 1 is 1.12 bits per heavy atom. The van der Waals surface area contributed by atoms with E-state index in [9.17, 15) is 9.90 Å². The number of carbonyl (C=O) groups is 1. The molecule has 0 radical (unpaired) electrons. The predicted octanol–water partition coefficient (Wildman–Crippen LogP) is 5.32. The topological polar surface area (TPSA) is 54.6 Å². The number of carboxylic acid groups (broad SMARTS) is 1. The van der Waals surface area contributed by atoms with Gasteiger partial charge in [-0.05, 0) is 24.6 Å². The summed E-state index contributed by atoms with van der Waals surface area (Å²) in [5.41, 5.74) is 4.74. The molecule has 0 aliphatic rings. The van der Waals surface area contributed by atoms with Gasteiger partial charge in [-0.15, -0.1) is 11.3 Å². The van der Waals surface area contributed by atoms with E-state index in [1.165, 1.54) is 11.3 Å². The van der Waals surface area contributed by atoms with Crippen LogP contribution in [0.4, 0.5) is 0 Å². The molecule has 0 saturated carbocycles. The van der Waals surface area contributed by atoms with E-state index in [0.717, 1.165) is 38.0 Å². The Kier molecular flexibility index (Phi) is 4.26. The molecule has 0 aliphatic heterocycles. The maximum Gasteiger partial charge on any atom is 0.308 e. The quantitative estimate of drug-likeness (QED) is 0.519. The molecule has 0 fully saturated rings. The number of rotatable bonds is 4. The van der Waals surface area contributed by atoms with Crippen molar-refractivity contribution in [1.82, 2.24) is 9.38 Å². The Hall–Kier alpha value is -2.63. The van der Waals surface area contributed by atoms with Crippen molar-refractivity contribution in [3.05, 3.63) is 70.2 Å². The van der Waals surface area contributed by atoms with Gasteiger partial charge < -0.3 is 5.11 Å². The number of hydrogen-bond donors (Lipinski definition) is 1. The molecular formula is C20H15ClN2O2S. The molecule has 6 heteroatoms. The highest BCUT2D eigenvalue weighted by molar-refractivity contribution is 7.17. The Labute approximate surface area is 159 Å². The third-order valence-corrected chi connectivity index (χ3v) is 5.55. The summed E-state index contributed by atoms with van der Waals surface area (Å²) in [6.45, 7) is 2.01. The molecule has 2 heterocycles. The molecular weight excluding hydrogens is 368 g/mol. The molecule has 0 bridgehead atoms. The first-order valence-electron chi connectivity index (χ1n) is 8.08. The minimum atomic E-state index is -0.845. The van der Waals surface area contributed by atoms with Crippen LogP contribution in [0.3, 0.4) is 0 Å². The van der Waals surface area contributed by atoms with Crippen LogP contribution in [0.15, 0.2) is 54.6 Å².